The Morgan fingerprint density at radius 1 is 1.08 bits per heavy atom. The van der Waals surface area contributed by atoms with Crippen molar-refractivity contribution in [2.24, 2.45) is 0 Å². The molecule has 0 amide bonds. The normalized spacial score (nSPS) is 17.5. The first-order chi connectivity index (χ1) is 11.6. The van der Waals surface area contributed by atoms with Crippen molar-refractivity contribution in [3.05, 3.63) is 60.3 Å². The van der Waals surface area contributed by atoms with E-state index in [0.29, 0.717) is 6.79 Å². The highest BCUT2D eigenvalue weighted by Gasteiger charge is 2.42. The van der Waals surface area contributed by atoms with Crippen LogP contribution >= 0.6 is 0 Å². The van der Waals surface area contributed by atoms with Gasteiger partial charge in [0.05, 0.1) is 5.41 Å². The average Bonchev–Trinajstić information content (AvgIpc) is 3.12. The monoisotopic (exact) mass is 321 g/mol. The van der Waals surface area contributed by atoms with E-state index in [1.165, 1.54) is 17.0 Å². The number of hydrogen-bond acceptors (Lipinski definition) is 3. The summed E-state index contributed by atoms with van der Waals surface area (Å²) in [5.74, 6) is 1.58. The Balaban J connectivity index is 1.57. The Kier molecular flexibility index (Phi) is 3.34. The zero-order valence-electron chi connectivity index (χ0n) is 14.2. The van der Waals surface area contributed by atoms with E-state index in [1.807, 2.05) is 24.4 Å². The first kappa shape index (κ1) is 14.8. The van der Waals surface area contributed by atoms with Crippen molar-refractivity contribution in [2.45, 2.75) is 19.3 Å². The molecule has 2 aromatic carbocycles. The molecule has 1 N–H and O–H groups in total. The molecule has 4 heteroatoms. The van der Waals surface area contributed by atoms with E-state index < -0.39 is 0 Å². The van der Waals surface area contributed by atoms with Gasteiger partial charge in [0.25, 0.3) is 0 Å². The number of para-hydroxylation sites is 1. The number of hydrogen-bond donors (Lipinski definition) is 1. The third-order valence-electron chi connectivity index (χ3n) is 4.80. The number of anilines is 1. The van der Waals surface area contributed by atoms with Crippen molar-refractivity contribution in [3.63, 3.8) is 0 Å². The van der Waals surface area contributed by atoms with Gasteiger partial charge in [0.2, 0.25) is 12.5 Å². The second-order valence-corrected chi connectivity index (χ2v) is 6.63. The summed E-state index contributed by atoms with van der Waals surface area (Å²) in [5.41, 5.74) is 4.85. The van der Waals surface area contributed by atoms with Crippen molar-refractivity contribution in [3.8, 4) is 11.5 Å². The number of nitrogens with one attached hydrogen (secondary N) is 1. The molecule has 0 atom stereocenters. The van der Waals surface area contributed by atoms with Crippen LogP contribution in [0.4, 0.5) is 11.4 Å². The number of ether oxygens (including phenoxy) is 2. The van der Waals surface area contributed by atoms with Gasteiger partial charge >= 0.3 is 0 Å². The van der Waals surface area contributed by atoms with Gasteiger partial charge in [0.15, 0.2) is 17.2 Å². The Hall–Kier alpha value is -2.75. The summed E-state index contributed by atoms with van der Waals surface area (Å²) in [6, 6.07) is 14.4. The molecule has 122 valence electrons. The van der Waals surface area contributed by atoms with Crippen LogP contribution in [0, 0.1) is 0 Å². The summed E-state index contributed by atoms with van der Waals surface area (Å²) >= 11 is 0. The van der Waals surface area contributed by atoms with E-state index in [0.717, 1.165) is 17.2 Å². The minimum absolute atomic E-state index is 0.0155. The van der Waals surface area contributed by atoms with E-state index in [-0.39, 0.29) is 5.41 Å². The van der Waals surface area contributed by atoms with Gasteiger partial charge in [-0.15, -0.1) is 0 Å². The third-order valence-corrected chi connectivity index (χ3v) is 4.80. The number of benzene rings is 2. The maximum Gasteiger partial charge on any atom is 0.231 e. The van der Waals surface area contributed by atoms with Crippen LogP contribution in [0.5, 0.6) is 11.5 Å². The number of rotatable bonds is 3. The van der Waals surface area contributed by atoms with Crippen LogP contribution in [-0.2, 0) is 5.41 Å². The molecule has 0 radical (unpaired) electrons. The third kappa shape index (κ3) is 2.26. The highest BCUT2D eigenvalue weighted by atomic mass is 16.7. The molecule has 2 heterocycles. The summed E-state index contributed by atoms with van der Waals surface area (Å²) in [5, 5.41) is 3.32. The smallest absolute Gasteiger partial charge is 0.231 e. The standard InChI is InChI=1S/C20H20N2O2/c1-20(2)15-6-4-5-7-16(15)22(3)19(20)10-11-21-14-8-9-17-18(12-14)24-13-23-17/h4-12H,13H2,1-3H3/p+1. The minimum Gasteiger partial charge on any atom is -0.454 e. The zero-order chi connectivity index (χ0) is 16.7. The highest BCUT2D eigenvalue weighted by Crippen LogP contribution is 2.39. The predicted octanol–water partition coefficient (Wildman–Crippen LogP) is 4.05. The molecular formula is C20H21N2O2+. The Labute approximate surface area is 142 Å². The van der Waals surface area contributed by atoms with Gasteiger partial charge in [-0.25, -0.2) is 0 Å². The second-order valence-electron chi connectivity index (χ2n) is 6.63. The zero-order valence-corrected chi connectivity index (χ0v) is 14.2. The summed E-state index contributed by atoms with van der Waals surface area (Å²) in [4.78, 5) is 0. The van der Waals surface area contributed by atoms with Crippen LogP contribution in [0.15, 0.2) is 54.7 Å². The maximum atomic E-state index is 5.41. The molecule has 2 aliphatic rings. The maximum absolute atomic E-state index is 5.41. The molecule has 0 aliphatic carbocycles. The van der Waals surface area contributed by atoms with Crippen molar-refractivity contribution < 1.29 is 14.0 Å². The van der Waals surface area contributed by atoms with Gasteiger partial charge in [-0.1, -0.05) is 18.2 Å². The van der Waals surface area contributed by atoms with Gasteiger partial charge in [0.1, 0.15) is 7.05 Å². The molecule has 0 saturated heterocycles. The SMILES string of the molecule is C[N+]1=C(C=CNc2ccc3c(c2)OCO3)C(C)(C)c2ccccc21. The van der Waals surface area contributed by atoms with E-state index in [9.17, 15) is 0 Å². The lowest BCUT2D eigenvalue weighted by Gasteiger charge is -2.15. The fraction of sp³-hybridized carbons (Fsp3) is 0.250. The summed E-state index contributed by atoms with van der Waals surface area (Å²) in [7, 11) is 2.12. The molecule has 4 rings (SSSR count). The van der Waals surface area contributed by atoms with E-state index in [2.05, 4.69) is 61.1 Å². The highest BCUT2D eigenvalue weighted by molar-refractivity contribution is 6.03. The van der Waals surface area contributed by atoms with Gasteiger partial charge in [0, 0.05) is 35.7 Å². The number of allylic oxidation sites excluding steroid dienone is 1. The number of fused-ring (bicyclic) bond motifs is 2. The Morgan fingerprint density at radius 2 is 1.88 bits per heavy atom. The van der Waals surface area contributed by atoms with Crippen LogP contribution in [0.2, 0.25) is 0 Å². The Bertz CT molecular complexity index is 866. The fourth-order valence-electron chi connectivity index (χ4n) is 3.50. The van der Waals surface area contributed by atoms with E-state index >= 15 is 0 Å². The second kappa shape index (κ2) is 5.41. The largest absolute Gasteiger partial charge is 0.454 e. The summed E-state index contributed by atoms with van der Waals surface area (Å²) in [6.07, 6.45) is 4.13. The van der Waals surface area contributed by atoms with Crippen LogP contribution in [-0.4, -0.2) is 24.1 Å². The summed E-state index contributed by atoms with van der Waals surface area (Å²) in [6.45, 7) is 4.81. The van der Waals surface area contributed by atoms with Crippen molar-refractivity contribution in [1.29, 1.82) is 0 Å². The summed E-state index contributed by atoms with van der Waals surface area (Å²) < 4.78 is 13.0. The molecule has 2 aromatic rings. The molecule has 0 saturated carbocycles. The van der Waals surface area contributed by atoms with E-state index in [1.54, 1.807) is 0 Å². The van der Waals surface area contributed by atoms with Gasteiger partial charge < -0.3 is 14.8 Å². The van der Waals surface area contributed by atoms with Crippen LogP contribution in [0.25, 0.3) is 0 Å². The quantitative estimate of drug-likeness (QED) is 0.866. The van der Waals surface area contributed by atoms with Crippen molar-refractivity contribution >= 4 is 17.1 Å². The van der Waals surface area contributed by atoms with Crippen LogP contribution < -0.4 is 14.8 Å². The molecule has 4 nitrogen and oxygen atoms in total. The molecular weight excluding hydrogens is 300 g/mol. The molecule has 24 heavy (non-hydrogen) atoms. The molecule has 0 fully saturated rings. The molecule has 0 aromatic heterocycles. The first-order valence-corrected chi connectivity index (χ1v) is 8.11. The lowest BCUT2D eigenvalue weighted by Crippen LogP contribution is -2.26. The molecule has 0 spiro atoms. The van der Waals surface area contributed by atoms with Gasteiger partial charge in [-0.05, 0) is 26.0 Å². The molecule has 0 unspecified atom stereocenters. The lowest BCUT2D eigenvalue weighted by atomic mass is 9.81. The predicted molar refractivity (Wildman–Crippen MR) is 95.6 cm³/mol. The fourth-order valence-corrected chi connectivity index (χ4v) is 3.50. The lowest BCUT2D eigenvalue weighted by molar-refractivity contribution is -0.401. The van der Waals surface area contributed by atoms with Crippen molar-refractivity contribution in [1.82, 2.24) is 0 Å². The molecule has 2 aliphatic heterocycles. The van der Waals surface area contributed by atoms with Gasteiger partial charge in [-0.3, -0.25) is 0 Å². The van der Waals surface area contributed by atoms with Crippen molar-refractivity contribution in [2.75, 3.05) is 19.2 Å². The van der Waals surface area contributed by atoms with Crippen LogP contribution in [0.3, 0.4) is 0 Å². The minimum atomic E-state index is -0.0155. The topological polar surface area (TPSA) is 33.5 Å². The van der Waals surface area contributed by atoms with Gasteiger partial charge in [-0.2, -0.15) is 4.58 Å². The Morgan fingerprint density at radius 3 is 2.71 bits per heavy atom. The number of nitrogens with zero attached hydrogens (tertiary/aromatic N) is 1. The van der Waals surface area contributed by atoms with Crippen LogP contribution in [0.1, 0.15) is 19.4 Å². The molecule has 0 bridgehead atoms. The average molecular weight is 321 g/mol. The van der Waals surface area contributed by atoms with E-state index in [4.69, 9.17) is 9.47 Å². The first-order valence-electron chi connectivity index (χ1n) is 8.11.